The fourth-order valence-corrected chi connectivity index (χ4v) is 0.723. The van der Waals surface area contributed by atoms with Crippen LogP contribution in [0.4, 0.5) is 0 Å². The van der Waals surface area contributed by atoms with Crippen molar-refractivity contribution >= 4 is 5.91 Å². The first-order chi connectivity index (χ1) is 5.77. The highest BCUT2D eigenvalue weighted by Crippen LogP contribution is 2.24. The maximum Gasteiger partial charge on any atom is 0.222 e. The molecule has 1 N–H and O–H groups in total. The van der Waals surface area contributed by atoms with Crippen molar-refractivity contribution in [3.63, 3.8) is 0 Å². The van der Waals surface area contributed by atoms with Gasteiger partial charge in [0, 0.05) is 12.5 Å². The van der Waals surface area contributed by atoms with Gasteiger partial charge in [-0.3, -0.25) is 4.79 Å². The minimum Gasteiger partial charge on any atom is -0.355 e. The first-order valence-electron chi connectivity index (χ1n) is 5.05. The fraction of sp³-hybridized carbons (Fsp3) is 0.909. The SMILES string of the molecule is CC(C)C(=O)NCC(C)(C)C(C)C. The molecular weight excluding hydrogens is 162 g/mol. The van der Waals surface area contributed by atoms with Crippen LogP contribution in [0, 0.1) is 17.3 Å². The maximum absolute atomic E-state index is 11.3. The molecule has 78 valence electrons. The van der Waals surface area contributed by atoms with Crippen molar-refractivity contribution in [3.8, 4) is 0 Å². The predicted molar refractivity (Wildman–Crippen MR) is 56.5 cm³/mol. The highest BCUT2D eigenvalue weighted by atomic mass is 16.1. The molecule has 13 heavy (non-hydrogen) atoms. The largest absolute Gasteiger partial charge is 0.355 e. The van der Waals surface area contributed by atoms with E-state index in [0.29, 0.717) is 5.92 Å². The van der Waals surface area contributed by atoms with E-state index in [0.717, 1.165) is 6.54 Å². The molecule has 0 aromatic rings. The van der Waals surface area contributed by atoms with Crippen LogP contribution in [0.15, 0.2) is 0 Å². The molecule has 0 aliphatic rings. The van der Waals surface area contributed by atoms with Crippen LogP contribution in [-0.4, -0.2) is 12.5 Å². The second-order valence-corrected chi connectivity index (χ2v) is 5.02. The number of rotatable bonds is 4. The Kier molecular flexibility index (Phi) is 4.45. The van der Waals surface area contributed by atoms with Gasteiger partial charge in [0.05, 0.1) is 0 Å². The summed E-state index contributed by atoms with van der Waals surface area (Å²) in [6.45, 7) is 13.3. The van der Waals surface area contributed by atoms with Crippen LogP contribution >= 0.6 is 0 Å². The van der Waals surface area contributed by atoms with Gasteiger partial charge in [0.25, 0.3) is 0 Å². The van der Waals surface area contributed by atoms with Crippen LogP contribution in [0.2, 0.25) is 0 Å². The van der Waals surface area contributed by atoms with E-state index in [2.05, 4.69) is 33.0 Å². The van der Waals surface area contributed by atoms with E-state index >= 15 is 0 Å². The minimum absolute atomic E-state index is 0.0861. The lowest BCUT2D eigenvalue weighted by atomic mass is 9.81. The molecule has 2 heteroatoms. The van der Waals surface area contributed by atoms with Gasteiger partial charge < -0.3 is 5.32 Å². The molecule has 0 aromatic carbocycles. The van der Waals surface area contributed by atoms with Crippen LogP contribution < -0.4 is 5.32 Å². The first kappa shape index (κ1) is 12.5. The number of hydrogen-bond donors (Lipinski definition) is 1. The summed E-state index contributed by atoms with van der Waals surface area (Å²) in [6, 6.07) is 0. The normalized spacial score (nSPS) is 12.3. The Morgan fingerprint density at radius 2 is 1.69 bits per heavy atom. The third kappa shape index (κ3) is 4.30. The van der Waals surface area contributed by atoms with E-state index in [-0.39, 0.29) is 17.2 Å². The van der Waals surface area contributed by atoms with Crippen LogP contribution in [0.5, 0.6) is 0 Å². The summed E-state index contributed by atoms with van der Waals surface area (Å²) < 4.78 is 0. The van der Waals surface area contributed by atoms with Crippen LogP contribution in [0.25, 0.3) is 0 Å². The van der Waals surface area contributed by atoms with Crippen molar-refractivity contribution in [2.24, 2.45) is 17.3 Å². The second-order valence-electron chi connectivity index (χ2n) is 5.02. The van der Waals surface area contributed by atoms with Gasteiger partial charge in [-0.1, -0.05) is 41.5 Å². The Morgan fingerprint density at radius 1 is 1.23 bits per heavy atom. The van der Waals surface area contributed by atoms with Crippen molar-refractivity contribution < 1.29 is 4.79 Å². The fourth-order valence-electron chi connectivity index (χ4n) is 0.723. The van der Waals surface area contributed by atoms with Gasteiger partial charge in [-0.2, -0.15) is 0 Å². The Morgan fingerprint density at radius 3 is 2.00 bits per heavy atom. The molecule has 0 saturated heterocycles. The molecule has 0 unspecified atom stereocenters. The van der Waals surface area contributed by atoms with Gasteiger partial charge in [0.2, 0.25) is 5.91 Å². The lowest BCUT2D eigenvalue weighted by Crippen LogP contribution is -2.38. The van der Waals surface area contributed by atoms with Gasteiger partial charge in [0.1, 0.15) is 0 Å². The molecule has 0 saturated carbocycles. The summed E-state index contributed by atoms with van der Waals surface area (Å²) in [6.07, 6.45) is 0. The molecule has 0 aliphatic carbocycles. The highest BCUT2D eigenvalue weighted by Gasteiger charge is 2.23. The average molecular weight is 185 g/mol. The third-order valence-electron chi connectivity index (χ3n) is 2.81. The summed E-state index contributed by atoms with van der Waals surface area (Å²) in [4.78, 5) is 11.3. The number of carbonyl (C=O) groups excluding carboxylic acids is 1. The zero-order valence-corrected chi connectivity index (χ0v) is 9.77. The van der Waals surface area contributed by atoms with E-state index in [4.69, 9.17) is 0 Å². The van der Waals surface area contributed by atoms with E-state index in [1.165, 1.54) is 0 Å². The molecule has 2 nitrogen and oxygen atoms in total. The lowest BCUT2D eigenvalue weighted by Gasteiger charge is -2.29. The maximum atomic E-state index is 11.3. The van der Waals surface area contributed by atoms with Crippen molar-refractivity contribution in [1.29, 1.82) is 0 Å². The smallest absolute Gasteiger partial charge is 0.222 e. The molecule has 0 spiro atoms. The first-order valence-corrected chi connectivity index (χ1v) is 5.05. The molecule has 0 heterocycles. The Bertz CT molecular complexity index is 171. The molecule has 0 atom stereocenters. The predicted octanol–water partition coefficient (Wildman–Crippen LogP) is 2.44. The van der Waals surface area contributed by atoms with Gasteiger partial charge >= 0.3 is 0 Å². The van der Waals surface area contributed by atoms with E-state index in [1.807, 2.05) is 13.8 Å². The number of nitrogens with one attached hydrogen (secondary N) is 1. The Hall–Kier alpha value is -0.530. The van der Waals surface area contributed by atoms with Gasteiger partial charge in [0.15, 0.2) is 0 Å². The summed E-state index contributed by atoms with van der Waals surface area (Å²) in [5.41, 5.74) is 0.185. The molecule has 0 fully saturated rings. The number of hydrogen-bond acceptors (Lipinski definition) is 1. The molecular formula is C11H23NO. The van der Waals surface area contributed by atoms with Crippen LogP contribution in [-0.2, 0) is 4.79 Å². The van der Waals surface area contributed by atoms with Crippen molar-refractivity contribution in [3.05, 3.63) is 0 Å². The quantitative estimate of drug-likeness (QED) is 0.716. The van der Waals surface area contributed by atoms with Crippen LogP contribution in [0.1, 0.15) is 41.5 Å². The molecule has 0 radical (unpaired) electrons. The summed E-state index contributed by atoms with van der Waals surface area (Å²) >= 11 is 0. The minimum atomic E-state index is 0.0861. The zero-order chi connectivity index (χ0) is 10.6. The van der Waals surface area contributed by atoms with Crippen molar-refractivity contribution in [2.75, 3.05) is 6.54 Å². The van der Waals surface area contributed by atoms with E-state index in [9.17, 15) is 4.79 Å². The molecule has 1 amide bonds. The van der Waals surface area contributed by atoms with Crippen molar-refractivity contribution in [1.82, 2.24) is 5.32 Å². The monoisotopic (exact) mass is 185 g/mol. The third-order valence-corrected chi connectivity index (χ3v) is 2.81. The summed E-state index contributed by atoms with van der Waals surface area (Å²) in [7, 11) is 0. The van der Waals surface area contributed by atoms with Crippen LogP contribution in [0.3, 0.4) is 0 Å². The van der Waals surface area contributed by atoms with Gasteiger partial charge in [-0.05, 0) is 11.3 Å². The molecule has 0 aromatic heterocycles. The zero-order valence-electron chi connectivity index (χ0n) is 9.77. The van der Waals surface area contributed by atoms with Gasteiger partial charge in [-0.25, -0.2) is 0 Å². The van der Waals surface area contributed by atoms with Crippen molar-refractivity contribution in [2.45, 2.75) is 41.5 Å². The highest BCUT2D eigenvalue weighted by molar-refractivity contribution is 5.77. The summed E-state index contributed by atoms with van der Waals surface area (Å²) in [5, 5.41) is 2.96. The molecule has 0 bridgehead atoms. The summed E-state index contributed by atoms with van der Waals surface area (Å²) in [5.74, 6) is 0.816. The Labute approximate surface area is 82.1 Å². The Balaban J connectivity index is 3.95. The van der Waals surface area contributed by atoms with E-state index in [1.54, 1.807) is 0 Å². The second kappa shape index (κ2) is 4.64. The molecule has 0 aliphatic heterocycles. The topological polar surface area (TPSA) is 29.1 Å². The van der Waals surface area contributed by atoms with E-state index < -0.39 is 0 Å². The number of carbonyl (C=O) groups is 1. The average Bonchev–Trinajstić information content (AvgIpc) is 1.99. The van der Waals surface area contributed by atoms with Gasteiger partial charge in [-0.15, -0.1) is 0 Å². The molecule has 0 rings (SSSR count). The lowest BCUT2D eigenvalue weighted by molar-refractivity contribution is -0.124. The number of amides is 1. The standard InChI is InChI=1S/C11H23NO/c1-8(2)10(13)12-7-11(5,6)9(3)4/h8-9H,7H2,1-6H3,(H,12,13).